The molecule has 1 fully saturated rings. The Bertz CT molecular complexity index is 387. The largest absolute Gasteiger partial charge is 0.343 e. The summed E-state index contributed by atoms with van der Waals surface area (Å²) in [6, 6.07) is 2.18. The minimum Gasteiger partial charge on any atom is -0.343 e. The van der Waals surface area contributed by atoms with Gasteiger partial charge in [0.2, 0.25) is 5.91 Å². The molecule has 1 aliphatic rings. The normalized spacial score (nSPS) is 20.4. The number of likely N-dealkylation sites (tertiary alicyclic amines) is 1. The molecule has 0 radical (unpaired) electrons. The lowest BCUT2D eigenvalue weighted by molar-refractivity contribution is -0.137. The summed E-state index contributed by atoms with van der Waals surface area (Å²) >= 11 is 1.75. The fourth-order valence-electron chi connectivity index (χ4n) is 2.84. The molecule has 2 rings (SSSR count). The number of carbonyl (C=O) groups is 1. The van der Waals surface area contributed by atoms with Crippen LogP contribution in [0.1, 0.15) is 32.3 Å². The summed E-state index contributed by atoms with van der Waals surface area (Å²) in [5.74, 6) is 0.548. The Kier molecular flexibility index (Phi) is 5.40. The van der Waals surface area contributed by atoms with Gasteiger partial charge in [-0.15, -0.1) is 0 Å². The van der Waals surface area contributed by atoms with Gasteiger partial charge in [0.05, 0.1) is 5.92 Å². The van der Waals surface area contributed by atoms with Crippen molar-refractivity contribution in [3.05, 3.63) is 22.4 Å². The lowest BCUT2D eigenvalue weighted by Crippen LogP contribution is -2.44. The molecule has 2 heterocycles. The van der Waals surface area contributed by atoms with Crippen LogP contribution < -0.4 is 0 Å². The van der Waals surface area contributed by atoms with Crippen molar-refractivity contribution in [3.63, 3.8) is 0 Å². The van der Waals surface area contributed by atoms with Gasteiger partial charge in [-0.05, 0) is 55.6 Å². The highest BCUT2D eigenvalue weighted by molar-refractivity contribution is 7.07. The number of nitrogens with zero attached hydrogens (tertiary/aromatic N) is 2. The molecule has 19 heavy (non-hydrogen) atoms. The topological polar surface area (TPSA) is 23.6 Å². The summed E-state index contributed by atoms with van der Waals surface area (Å²) in [6.07, 6.45) is 2.19. The average Bonchev–Trinajstić information content (AvgIpc) is 2.93. The summed E-state index contributed by atoms with van der Waals surface area (Å²) in [6.45, 7) is 8.82. The van der Waals surface area contributed by atoms with Gasteiger partial charge in [0.1, 0.15) is 0 Å². The molecule has 1 atom stereocenters. The van der Waals surface area contributed by atoms with Crippen molar-refractivity contribution in [2.45, 2.75) is 33.2 Å². The lowest BCUT2D eigenvalue weighted by atomic mass is 9.96. The minimum atomic E-state index is 0.201. The highest BCUT2D eigenvalue weighted by Crippen LogP contribution is 2.21. The SMILES string of the molecule is CCN(CC)C(=O)[C@H]1CCCN(Cc2ccsc2)C1. The first-order chi connectivity index (χ1) is 9.24. The Morgan fingerprint density at radius 1 is 1.47 bits per heavy atom. The van der Waals surface area contributed by atoms with E-state index in [-0.39, 0.29) is 5.92 Å². The van der Waals surface area contributed by atoms with E-state index in [4.69, 9.17) is 0 Å². The number of piperidine rings is 1. The van der Waals surface area contributed by atoms with Crippen LogP contribution in [0.3, 0.4) is 0 Å². The average molecular weight is 280 g/mol. The van der Waals surface area contributed by atoms with E-state index in [1.807, 2.05) is 4.90 Å². The van der Waals surface area contributed by atoms with Crippen LogP contribution in [0, 0.1) is 5.92 Å². The van der Waals surface area contributed by atoms with E-state index in [2.05, 4.69) is 35.6 Å². The van der Waals surface area contributed by atoms with E-state index >= 15 is 0 Å². The minimum absolute atomic E-state index is 0.201. The van der Waals surface area contributed by atoms with E-state index in [0.717, 1.165) is 45.6 Å². The lowest BCUT2D eigenvalue weighted by Gasteiger charge is -2.34. The fourth-order valence-corrected chi connectivity index (χ4v) is 3.49. The third-order valence-electron chi connectivity index (χ3n) is 3.92. The van der Waals surface area contributed by atoms with Gasteiger partial charge in [-0.25, -0.2) is 0 Å². The van der Waals surface area contributed by atoms with Crippen LogP contribution in [-0.2, 0) is 11.3 Å². The molecule has 1 aromatic heterocycles. The smallest absolute Gasteiger partial charge is 0.226 e. The Morgan fingerprint density at radius 3 is 2.89 bits per heavy atom. The van der Waals surface area contributed by atoms with Crippen molar-refractivity contribution >= 4 is 17.2 Å². The fraction of sp³-hybridized carbons (Fsp3) is 0.667. The first-order valence-corrected chi connectivity index (χ1v) is 8.21. The number of hydrogen-bond acceptors (Lipinski definition) is 3. The standard InChI is InChI=1S/C15H24N2OS/c1-3-17(4-2)15(18)14-6-5-8-16(11-14)10-13-7-9-19-12-13/h7,9,12,14H,3-6,8,10-11H2,1-2H3/t14-/m0/s1. The molecule has 0 N–H and O–H groups in total. The predicted octanol–water partition coefficient (Wildman–Crippen LogP) is 2.83. The van der Waals surface area contributed by atoms with Crippen LogP contribution in [0.2, 0.25) is 0 Å². The molecule has 1 amide bonds. The zero-order valence-electron chi connectivity index (χ0n) is 12.0. The van der Waals surface area contributed by atoms with Crippen molar-refractivity contribution < 1.29 is 4.79 Å². The van der Waals surface area contributed by atoms with Gasteiger partial charge in [0.15, 0.2) is 0 Å². The van der Waals surface area contributed by atoms with Crippen molar-refractivity contribution in [1.82, 2.24) is 9.80 Å². The summed E-state index contributed by atoms with van der Waals surface area (Å²) in [7, 11) is 0. The van der Waals surface area contributed by atoms with Crippen LogP contribution in [0.4, 0.5) is 0 Å². The molecule has 1 aliphatic heterocycles. The third kappa shape index (κ3) is 3.80. The van der Waals surface area contributed by atoms with Gasteiger partial charge in [0.25, 0.3) is 0 Å². The van der Waals surface area contributed by atoms with Crippen LogP contribution in [0.25, 0.3) is 0 Å². The molecule has 0 unspecified atom stereocenters. The Labute approximate surface area is 120 Å². The molecule has 0 spiro atoms. The second kappa shape index (κ2) is 7.06. The highest BCUT2D eigenvalue weighted by Gasteiger charge is 2.28. The van der Waals surface area contributed by atoms with Gasteiger partial charge in [-0.1, -0.05) is 0 Å². The second-order valence-corrected chi connectivity index (χ2v) is 6.00. The number of thiophene rings is 1. The van der Waals surface area contributed by atoms with Crippen LogP contribution in [0.15, 0.2) is 16.8 Å². The highest BCUT2D eigenvalue weighted by atomic mass is 32.1. The number of hydrogen-bond donors (Lipinski definition) is 0. The van der Waals surface area contributed by atoms with Crippen LogP contribution in [-0.4, -0.2) is 41.9 Å². The molecule has 106 valence electrons. The molecular weight excluding hydrogens is 256 g/mol. The van der Waals surface area contributed by atoms with Gasteiger partial charge in [0, 0.05) is 26.2 Å². The van der Waals surface area contributed by atoms with Gasteiger partial charge in [-0.3, -0.25) is 9.69 Å². The Morgan fingerprint density at radius 2 is 2.26 bits per heavy atom. The van der Waals surface area contributed by atoms with Crippen LogP contribution in [0.5, 0.6) is 0 Å². The van der Waals surface area contributed by atoms with Crippen molar-refractivity contribution in [3.8, 4) is 0 Å². The second-order valence-electron chi connectivity index (χ2n) is 5.22. The zero-order chi connectivity index (χ0) is 13.7. The first-order valence-electron chi connectivity index (χ1n) is 7.26. The molecule has 3 nitrogen and oxygen atoms in total. The molecular formula is C15H24N2OS. The van der Waals surface area contributed by atoms with Crippen LogP contribution >= 0.6 is 11.3 Å². The molecule has 0 aromatic carbocycles. The monoisotopic (exact) mass is 280 g/mol. The first kappa shape index (κ1) is 14.5. The molecule has 1 saturated heterocycles. The summed E-state index contributed by atoms with van der Waals surface area (Å²) in [5.41, 5.74) is 1.38. The zero-order valence-corrected chi connectivity index (χ0v) is 12.8. The molecule has 4 heteroatoms. The van der Waals surface area contributed by atoms with E-state index < -0.39 is 0 Å². The third-order valence-corrected chi connectivity index (χ3v) is 4.65. The van der Waals surface area contributed by atoms with E-state index in [9.17, 15) is 4.79 Å². The maximum absolute atomic E-state index is 12.4. The van der Waals surface area contributed by atoms with Gasteiger partial charge < -0.3 is 4.90 Å². The summed E-state index contributed by atoms with van der Waals surface area (Å²) in [5, 5.41) is 4.33. The number of rotatable bonds is 5. The van der Waals surface area contributed by atoms with Crippen molar-refractivity contribution in [1.29, 1.82) is 0 Å². The van der Waals surface area contributed by atoms with Gasteiger partial charge in [-0.2, -0.15) is 11.3 Å². The van der Waals surface area contributed by atoms with E-state index in [0.29, 0.717) is 5.91 Å². The maximum atomic E-state index is 12.4. The number of carbonyl (C=O) groups excluding carboxylic acids is 1. The summed E-state index contributed by atoms with van der Waals surface area (Å²) < 4.78 is 0. The van der Waals surface area contributed by atoms with E-state index in [1.54, 1.807) is 11.3 Å². The maximum Gasteiger partial charge on any atom is 0.226 e. The molecule has 0 saturated carbocycles. The predicted molar refractivity (Wildman–Crippen MR) is 80.2 cm³/mol. The van der Waals surface area contributed by atoms with Crippen molar-refractivity contribution in [2.24, 2.45) is 5.92 Å². The Hall–Kier alpha value is -0.870. The molecule has 0 bridgehead atoms. The van der Waals surface area contributed by atoms with E-state index in [1.165, 1.54) is 5.56 Å². The quantitative estimate of drug-likeness (QED) is 0.828. The molecule has 1 aromatic rings. The Balaban J connectivity index is 1.91. The number of amides is 1. The molecule has 0 aliphatic carbocycles. The van der Waals surface area contributed by atoms with Crippen molar-refractivity contribution in [2.75, 3.05) is 26.2 Å². The van der Waals surface area contributed by atoms with Gasteiger partial charge >= 0.3 is 0 Å². The summed E-state index contributed by atoms with van der Waals surface area (Å²) in [4.78, 5) is 16.8.